The number of carbonyl (C=O) groups is 1. The van der Waals surface area contributed by atoms with E-state index in [1.54, 1.807) is 11.3 Å². The summed E-state index contributed by atoms with van der Waals surface area (Å²) in [6, 6.07) is 0.594. The number of thiazole rings is 1. The molecule has 0 aromatic carbocycles. The van der Waals surface area contributed by atoms with E-state index in [9.17, 15) is 4.79 Å². The molecule has 0 bridgehead atoms. The van der Waals surface area contributed by atoms with Crippen molar-refractivity contribution in [2.75, 3.05) is 0 Å². The normalized spacial score (nSPS) is 31.9. The van der Waals surface area contributed by atoms with Gasteiger partial charge in [0.15, 0.2) is 0 Å². The highest BCUT2D eigenvalue weighted by Gasteiger charge is 2.38. The lowest BCUT2D eigenvalue weighted by atomic mass is 9.85. The molecule has 3 aliphatic rings. The van der Waals surface area contributed by atoms with E-state index in [1.165, 1.54) is 44.2 Å². The van der Waals surface area contributed by atoms with Crippen molar-refractivity contribution in [1.29, 1.82) is 0 Å². The maximum absolute atomic E-state index is 12.3. The van der Waals surface area contributed by atoms with Gasteiger partial charge in [0, 0.05) is 17.3 Å². The first-order chi connectivity index (χ1) is 10.3. The summed E-state index contributed by atoms with van der Waals surface area (Å²) in [5.41, 5.74) is 1.23. The van der Waals surface area contributed by atoms with Gasteiger partial charge in [0.25, 0.3) is 0 Å². The first kappa shape index (κ1) is 13.7. The molecule has 1 amide bonds. The number of fused-ring (bicyclic) bond motifs is 1. The first-order valence-corrected chi connectivity index (χ1v) is 9.15. The molecule has 0 radical (unpaired) electrons. The van der Waals surface area contributed by atoms with Gasteiger partial charge in [-0.05, 0) is 38.0 Å². The molecule has 0 spiro atoms. The fourth-order valence-electron chi connectivity index (χ4n) is 3.78. The number of hydrogen-bond acceptors (Lipinski definition) is 4. The second kappa shape index (κ2) is 5.69. The van der Waals surface area contributed by atoms with Crippen LogP contribution < -0.4 is 10.6 Å². The van der Waals surface area contributed by atoms with Crippen LogP contribution in [0.25, 0.3) is 0 Å². The summed E-state index contributed by atoms with van der Waals surface area (Å²) >= 11 is 1.68. The van der Waals surface area contributed by atoms with Crippen LogP contribution in [-0.2, 0) is 11.3 Å². The fraction of sp³-hybridized carbons (Fsp3) is 0.750. The molecule has 4 nitrogen and oxygen atoms in total. The second-order valence-electron chi connectivity index (χ2n) is 6.76. The molecule has 4 rings (SSSR count). The molecule has 1 aromatic heterocycles. The number of aromatic nitrogens is 1. The Hall–Kier alpha value is -0.940. The van der Waals surface area contributed by atoms with E-state index < -0.39 is 0 Å². The number of hydrogen-bond donors (Lipinski definition) is 2. The van der Waals surface area contributed by atoms with Gasteiger partial charge in [0.2, 0.25) is 5.91 Å². The summed E-state index contributed by atoms with van der Waals surface area (Å²) in [7, 11) is 0. The molecule has 3 atom stereocenters. The van der Waals surface area contributed by atoms with Gasteiger partial charge in [0.05, 0.1) is 18.3 Å². The van der Waals surface area contributed by atoms with Gasteiger partial charge < -0.3 is 10.6 Å². The summed E-state index contributed by atoms with van der Waals surface area (Å²) in [4.78, 5) is 16.9. The highest BCUT2D eigenvalue weighted by Crippen LogP contribution is 2.40. The fourth-order valence-corrected chi connectivity index (χ4v) is 4.60. The van der Waals surface area contributed by atoms with Crippen molar-refractivity contribution in [3.63, 3.8) is 0 Å². The van der Waals surface area contributed by atoms with Gasteiger partial charge in [-0.1, -0.05) is 12.8 Å². The molecular formula is C16H23N3OS. The third kappa shape index (κ3) is 2.99. The van der Waals surface area contributed by atoms with E-state index in [2.05, 4.69) is 21.0 Å². The van der Waals surface area contributed by atoms with Gasteiger partial charge in [-0.25, -0.2) is 4.98 Å². The zero-order valence-electron chi connectivity index (χ0n) is 12.3. The summed E-state index contributed by atoms with van der Waals surface area (Å²) in [5.74, 6) is 1.58. The van der Waals surface area contributed by atoms with Gasteiger partial charge in [-0.3, -0.25) is 4.79 Å². The molecule has 21 heavy (non-hydrogen) atoms. The third-order valence-electron chi connectivity index (χ3n) is 5.16. The smallest absolute Gasteiger partial charge is 0.237 e. The molecule has 1 aliphatic heterocycles. The standard InChI is InChI=1S/C16H23N3OS/c20-16(13-7-11-3-1-2-4-12(11)18-13)17-8-15-19-14(9-21-15)10-5-6-10/h9-13,18H,1-8H2,(H,17,20). The number of rotatable bonds is 4. The first-order valence-electron chi connectivity index (χ1n) is 8.27. The van der Waals surface area contributed by atoms with E-state index >= 15 is 0 Å². The summed E-state index contributed by atoms with van der Waals surface area (Å²) in [5, 5.41) is 9.80. The zero-order valence-corrected chi connectivity index (χ0v) is 13.1. The number of nitrogens with one attached hydrogen (secondary N) is 2. The minimum atomic E-state index is 0.0148. The van der Waals surface area contributed by atoms with Crippen molar-refractivity contribution in [2.45, 2.75) is 69.5 Å². The number of amides is 1. The van der Waals surface area contributed by atoms with Crippen LogP contribution in [0.15, 0.2) is 5.38 Å². The molecule has 2 saturated carbocycles. The Bertz CT molecular complexity index is 511. The minimum absolute atomic E-state index is 0.0148. The molecule has 3 fully saturated rings. The monoisotopic (exact) mass is 305 g/mol. The number of nitrogens with zero attached hydrogens (tertiary/aromatic N) is 1. The Kier molecular flexibility index (Phi) is 3.71. The van der Waals surface area contributed by atoms with Crippen LogP contribution in [-0.4, -0.2) is 23.0 Å². The molecular weight excluding hydrogens is 282 g/mol. The average molecular weight is 305 g/mol. The van der Waals surface area contributed by atoms with E-state index in [0.717, 1.165) is 17.3 Å². The molecule has 1 saturated heterocycles. The molecule has 5 heteroatoms. The van der Waals surface area contributed by atoms with Gasteiger partial charge in [0.1, 0.15) is 5.01 Å². The van der Waals surface area contributed by atoms with Crippen LogP contribution in [0.1, 0.15) is 61.6 Å². The number of carbonyl (C=O) groups excluding carboxylic acids is 1. The van der Waals surface area contributed by atoms with Crippen molar-refractivity contribution in [3.8, 4) is 0 Å². The van der Waals surface area contributed by atoms with Crippen molar-refractivity contribution in [2.24, 2.45) is 5.92 Å². The van der Waals surface area contributed by atoms with Gasteiger partial charge in [-0.15, -0.1) is 11.3 Å². The Balaban J connectivity index is 1.29. The van der Waals surface area contributed by atoms with E-state index in [1.807, 2.05) is 0 Å². The van der Waals surface area contributed by atoms with Crippen molar-refractivity contribution >= 4 is 17.2 Å². The molecule has 2 heterocycles. The van der Waals surface area contributed by atoms with Crippen LogP contribution in [0.5, 0.6) is 0 Å². The second-order valence-corrected chi connectivity index (χ2v) is 7.71. The van der Waals surface area contributed by atoms with Crippen molar-refractivity contribution in [1.82, 2.24) is 15.6 Å². The van der Waals surface area contributed by atoms with E-state index in [4.69, 9.17) is 0 Å². The van der Waals surface area contributed by atoms with Crippen LogP contribution in [0.3, 0.4) is 0 Å². The van der Waals surface area contributed by atoms with E-state index in [0.29, 0.717) is 18.5 Å². The van der Waals surface area contributed by atoms with Crippen LogP contribution in [0.4, 0.5) is 0 Å². The predicted molar refractivity (Wildman–Crippen MR) is 83.2 cm³/mol. The van der Waals surface area contributed by atoms with E-state index in [-0.39, 0.29) is 11.9 Å². The lowest BCUT2D eigenvalue weighted by Crippen LogP contribution is -2.42. The van der Waals surface area contributed by atoms with Crippen molar-refractivity contribution < 1.29 is 4.79 Å². The quantitative estimate of drug-likeness (QED) is 0.899. The SMILES string of the molecule is O=C(NCc1nc(C2CC2)cs1)C1CC2CCCCC2N1. The molecule has 1 aromatic rings. The highest BCUT2D eigenvalue weighted by molar-refractivity contribution is 7.09. The lowest BCUT2D eigenvalue weighted by molar-refractivity contribution is -0.123. The summed E-state index contributed by atoms with van der Waals surface area (Å²) in [6.07, 6.45) is 8.76. The summed E-state index contributed by atoms with van der Waals surface area (Å²) in [6.45, 7) is 0.587. The third-order valence-corrected chi connectivity index (χ3v) is 6.03. The Morgan fingerprint density at radius 1 is 1.33 bits per heavy atom. The van der Waals surface area contributed by atoms with Gasteiger partial charge in [-0.2, -0.15) is 0 Å². The minimum Gasteiger partial charge on any atom is -0.348 e. The van der Waals surface area contributed by atoms with Crippen LogP contribution in [0.2, 0.25) is 0 Å². The maximum Gasteiger partial charge on any atom is 0.237 e. The topological polar surface area (TPSA) is 54.0 Å². The van der Waals surface area contributed by atoms with Crippen LogP contribution >= 0.6 is 11.3 Å². The Morgan fingerprint density at radius 2 is 2.19 bits per heavy atom. The lowest BCUT2D eigenvalue weighted by Gasteiger charge is -2.24. The molecule has 3 unspecified atom stereocenters. The molecule has 114 valence electrons. The largest absolute Gasteiger partial charge is 0.348 e. The maximum atomic E-state index is 12.3. The average Bonchev–Trinajstić information content (AvgIpc) is 3.09. The Labute approximate surface area is 129 Å². The van der Waals surface area contributed by atoms with Crippen molar-refractivity contribution in [3.05, 3.63) is 16.1 Å². The molecule has 2 N–H and O–H groups in total. The van der Waals surface area contributed by atoms with Crippen LogP contribution in [0, 0.1) is 5.92 Å². The zero-order chi connectivity index (χ0) is 14.2. The summed E-state index contributed by atoms with van der Waals surface area (Å²) < 4.78 is 0. The van der Waals surface area contributed by atoms with Gasteiger partial charge >= 0.3 is 0 Å². The molecule has 2 aliphatic carbocycles. The Morgan fingerprint density at radius 3 is 3.00 bits per heavy atom. The predicted octanol–water partition coefficient (Wildman–Crippen LogP) is 2.56. The highest BCUT2D eigenvalue weighted by atomic mass is 32.1.